The van der Waals surface area contributed by atoms with Gasteiger partial charge in [0.05, 0.1) is 17.2 Å². The minimum atomic E-state index is -3.61. The monoisotopic (exact) mass is 585 g/mol. The van der Waals surface area contributed by atoms with E-state index >= 15 is 0 Å². The van der Waals surface area contributed by atoms with E-state index in [-0.39, 0.29) is 29.0 Å². The van der Waals surface area contributed by atoms with E-state index < -0.39 is 10.0 Å². The van der Waals surface area contributed by atoms with E-state index in [1.807, 2.05) is 30.3 Å². The Morgan fingerprint density at radius 3 is 2.38 bits per heavy atom. The van der Waals surface area contributed by atoms with Crippen molar-refractivity contribution in [3.8, 4) is 5.69 Å². The SMILES string of the molecule is CCN(CC)S(=O)(=O)c1ccc(C(=O)NCc2nnc(SCC(=O)Nc3nccs3)n2-c2ccccc2)cc1. The van der Waals surface area contributed by atoms with Crippen LogP contribution in [0, 0.1) is 0 Å². The molecule has 0 aliphatic heterocycles. The molecule has 0 unspecified atom stereocenters. The molecule has 204 valence electrons. The van der Waals surface area contributed by atoms with Gasteiger partial charge in [-0.25, -0.2) is 13.4 Å². The Bertz CT molecular complexity index is 1500. The molecule has 0 spiro atoms. The van der Waals surface area contributed by atoms with E-state index in [2.05, 4.69) is 25.8 Å². The Labute approximate surface area is 234 Å². The highest BCUT2D eigenvalue weighted by molar-refractivity contribution is 7.99. The predicted molar refractivity (Wildman–Crippen MR) is 151 cm³/mol. The summed E-state index contributed by atoms with van der Waals surface area (Å²) in [5.41, 5.74) is 1.09. The molecule has 0 saturated heterocycles. The van der Waals surface area contributed by atoms with Crippen LogP contribution < -0.4 is 10.6 Å². The van der Waals surface area contributed by atoms with Gasteiger partial charge in [-0.05, 0) is 36.4 Å². The van der Waals surface area contributed by atoms with Gasteiger partial charge in [-0.15, -0.1) is 21.5 Å². The number of amides is 2. The Hall–Kier alpha value is -3.59. The number of sulfonamides is 1. The maximum Gasteiger partial charge on any atom is 0.251 e. The van der Waals surface area contributed by atoms with E-state index in [0.717, 1.165) is 5.69 Å². The van der Waals surface area contributed by atoms with Crippen molar-refractivity contribution in [3.05, 3.63) is 77.6 Å². The second-order valence-electron chi connectivity index (χ2n) is 8.04. The molecular weight excluding hydrogens is 559 g/mol. The largest absolute Gasteiger partial charge is 0.345 e. The molecule has 2 heterocycles. The van der Waals surface area contributed by atoms with E-state index in [0.29, 0.717) is 34.8 Å². The summed E-state index contributed by atoms with van der Waals surface area (Å²) in [4.78, 5) is 29.4. The summed E-state index contributed by atoms with van der Waals surface area (Å²) in [6.45, 7) is 4.34. The highest BCUT2D eigenvalue weighted by atomic mass is 32.2. The third-order valence-electron chi connectivity index (χ3n) is 5.59. The average molecular weight is 586 g/mol. The zero-order valence-electron chi connectivity index (χ0n) is 21.3. The third kappa shape index (κ3) is 6.89. The molecule has 0 fully saturated rings. The van der Waals surface area contributed by atoms with E-state index in [1.165, 1.54) is 51.7 Å². The number of para-hydroxylation sites is 1. The minimum absolute atomic E-state index is 0.0616. The van der Waals surface area contributed by atoms with Crippen LogP contribution in [0.25, 0.3) is 5.69 Å². The molecule has 0 atom stereocenters. The van der Waals surface area contributed by atoms with Crippen molar-refractivity contribution in [1.82, 2.24) is 29.4 Å². The number of anilines is 1. The van der Waals surface area contributed by atoms with Crippen molar-refractivity contribution in [2.45, 2.75) is 30.4 Å². The van der Waals surface area contributed by atoms with Gasteiger partial charge < -0.3 is 10.6 Å². The van der Waals surface area contributed by atoms with Crippen LogP contribution in [0.15, 0.2) is 76.2 Å². The Morgan fingerprint density at radius 1 is 1.03 bits per heavy atom. The van der Waals surface area contributed by atoms with Gasteiger partial charge in [0.1, 0.15) is 0 Å². The van der Waals surface area contributed by atoms with Crippen molar-refractivity contribution < 1.29 is 18.0 Å². The molecule has 4 aromatic rings. The second kappa shape index (κ2) is 13.0. The molecule has 39 heavy (non-hydrogen) atoms. The molecule has 14 heteroatoms. The first kappa shape index (κ1) is 28.4. The quantitative estimate of drug-likeness (QED) is 0.241. The number of hydrogen-bond donors (Lipinski definition) is 2. The predicted octanol–water partition coefficient (Wildman–Crippen LogP) is 3.42. The first-order valence-electron chi connectivity index (χ1n) is 12.0. The smallest absolute Gasteiger partial charge is 0.251 e. The van der Waals surface area contributed by atoms with Gasteiger partial charge in [0, 0.05) is 35.9 Å². The van der Waals surface area contributed by atoms with Gasteiger partial charge >= 0.3 is 0 Å². The molecule has 0 aliphatic carbocycles. The summed E-state index contributed by atoms with van der Waals surface area (Å²) in [5.74, 6) is -0.0435. The van der Waals surface area contributed by atoms with Crippen molar-refractivity contribution in [2.75, 3.05) is 24.2 Å². The second-order valence-corrected chi connectivity index (χ2v) is 11.8. The van der Waals surface area contributed by atoms with E-state index in [1.54, 1.807) is 30.0 Å². The van der Waals surface area contributed by atoms with Crippen molar-refractivity contribution in [2.24, 2.45) is 0 Å². The number of hydrogen-bond acceptors (Lipinski definition) is 9. The number of benzene rings is 2. The lowest BCUT2D eigenvalue weighted by atomic mass is 10.2. The lowest BCUT2D eigenvalue weighted by molar-refractivity contribution is -0.113. The molecule has 2 aromatic carbocycles. The number of thioether (sulfide) groups is 1. The van der Waals surface area contributed by atoms with Crippen molar-refractivity contribution in [3.63, 3.8) is 0 Å². The normalized spacial score (nSPS) is 11.5. The van der Waals surface area contributed by atoms with Gasteiger partial charge in [0.25, 0.3) is 5.91 Å². The van der Waals surface area contributed by atoms with Crippen LogP contribution in [0.5, 0.6) is 0 Å². The number of carbonyl (C=O) groups is 2. The summed E-state index contributed by atoms with van der Waals surface area (Å²) in [5, 5.41) is 16.8. The average Bonchev–Trinajstić information content (AvgIpc) is 3.61. The highest BCUT2D eigenvalue weighted by Crippen LogP contribution is 2.23. The fourth-order valence-electron chi connectivity index (χ4n) is 3.67. The molecular formula is C25H27N7O4S3. The zero-order valence-corrected chi connectivity index (χ0v) is 23.7. The van der Waals surface area contributed by atoms with Crippen molar-refractivity contribution in [1.29, 1.82) is 0 Å². The number of nitrogens with zero attached hydrogens (tertiary/aromatic N) is 5. The first-order chi connectivity index (χ1) is 18.8. The summed E-state index contributed by atoms with van der Waals surface area (Å²) in [6.07, 6.45) is 1.61. The highest BCUT2D eigenvalue weighted by Gasteiger charge is 2.22. The topological polar surface area (TPSA) is 139 Å². The molecule has 2 aromatic heterocycles. The van der Waals surface area contributed by atoms with Crippen LogP contribution in [0.2, 0.25) is 0 Å². The standard InChI is InChI=1S/C25H27N7O4S3/c1-3-31(4-2)39(35,36)20-12-10-18(11-13-20)23(34)27-16-21-29-30-25(32(21)19-8-6-5-7-9-19)38-17-22(33)28-24-26-14-15-37-24/h5-15H,3-4,16-17H2,1-2H3,(H,27,34)(H,26,28,33). The number of nitrogens with one attached hydrogen (secondary N) is 2. The number of thiazole rings is 1. The van der Waals surface area contributed by atoms with Gasteiger partial charge in [-0.2, -0.15) is 4.31 Å². The lowest BCUT2D eigenvalue weighted by Crippen LogP contribution is -2.30. The van der Waals surface area contributed by atoms with Gasteiger partial charge in [-0.1, -0.05) is 43.8 Å². The molecule has 0 aliphatic rings. The van der Waals surface area contributed by atoms with Gasteiger partial charge in [0.15, 0.2) is 16.1 Å². The minimum Gasteiger partial charge on any atom is -0.345 e. The summed E-state index contributed by atoms with van der Waals surface area (Å²) < 4.78 is 28.6. The van der Waals surface area contributed by atoms with Gasteiger partial charge in [-0.3, -0.25) is 14.2 Å². The Balaban J connectivity index is 1.46. The van der Waals surface area contributed by atoms with Crippen LogP contribution in [-0.4, -0.2) is 63.1 Å². The fourth-order valence-corrected chi connectivity index (χ4v) is 6.44. The summed E-state index contributed by atoms with van der Waals surface area (Å²) >= 11 is 2.55. The zero-order chi connectivity index (χ0) is 27.8. The van der Waals surface area contributed by atoms with Gasteiger partial charge in [0.2, 0.25) is 15.9 Å². The summed E-state index contributed by atoms with van der Waals surface area (Å²) in [7, 11) is -3.61. The molecule has 0 radical (unpaired) electrons. The van der Waals surface area contributed by atoms with E-state index in [9.17, 15) is 18.0 Å². The van der Waals surface area contributed by atoms with Crippen LogP contribution in [0.3, 0.4) is 0 Å². The van der Waals surface area contributed by atoms with Crippen molar-refractivity contribution >= 4 is 50.1 Å². The molecule has 11 nitrogen and oxygen atoms in total. The molecule has 2 amide bonds. The Kier molecular flexibility index (Phi) is 9.45. The Morgan fingerprint density at radius 2 is 1.74 bits per heavy atom. The maximum atomic E-state index is 12.9. The lowest BCUT2D eigenvalue weighted by Gasteiger charge is -2.18. The van der Waals surface area contributed by atoms with E-state index in [4.69, 9.17) is 0 Å². The van der Waals surface area contributed by atoms with Crippen LogP contribution in [0.4, 0.5) is 5.13 Å². The maximum absolute atomic E-state index is 12.9. The molecule has 4 rings (SSSR count). The molecule has 0 bridgehead atoms. The number of aromatic nitrogens is 4. The third-order valence-corrected chi connectivity index (χ3v) is 9.27. The van der Waals surface area contributed by atoms with Crippen LogP contribution >= 0.6 is 23.1 Å². The summed E-state index contributed by atoms with van der Waals surface area (Å²) in [6, 6.07) is 15.2. The van der Waals surface area contributed by atoms with Crippen LogP contribution in [0.1, 0.15) is 30.0 Å². The number of rotatable bonds is 12. The number of carbonyl (C=O) groups excluding carboxylic acids is 2. The first-order valence-corrected chi connectivity index (χ1v) is 15.3. The molecule has 2 N–H and O–H groups in total. The fraction of sp³-hybridized carbons (Fsp3) is 0.240. The molecule has 0 saturated carbocycles. The van der Waals surface area contributed by atoms with Crippen LogP contribution in [-0.2, 0) is 21.4 Å².